The summed E-state index contributed by atoms with van der Waals surface area (Å²) in [6.07, 6.45) is 33.8. The third-order valence-corrected chi connectivity index (χ3v) is 9.65. The molecule has 0 aromatic carbocycles. The van der Waals surface area contributed by atoms with E-state index in [4.69, 9.17) is 0 Å². The van der Waals surface area contributed by atoms with E-state index < -0.39 is 0 Å². The number of unbranched alkanes of at least 4 members (excludes halogenated alkanes) is 4. The summed E-state index contributed by atoms with van der Waals surface area (Å²) in [5.41, 5.74) is 0. The predicted molar refractivity (Wildman–Crippen MR) is 134 cm³/mol. The van der Waals surface area contributed by atoms with Crippen LogP contribution in [0.5, 0.6) is 0 Å². The van der Waals surface area contributed by atoms with Crippen molar-refractivity contribution in [2.75, 3.05) is 0 Å². The maximum Gasteiger partial charge on any atom is -0.0411 e. The molecule has 0 nitrogen and oxygen atoms in total. The first-order valence-corrected chi connectivity index (χ1v) is 14.8. The largest absolute Gasteiger partial charge is 0.0654 e. The van der Waals surface area contributed by atoms with Crippen LogP contribution in [-0.4, -0.2) is 0 Å². The van der Waals surface area contributed by atoms with Gasteiger partial charge < -0.3 is 0 Å². The van der Waals surface area contributed by atoms with E-state index in [0.717, 1.165) is 35.5 Å². The van der Waals surface area contributed by atoms with Crippen LogP contribution >= 0.6 is 0 Å². The summed E-state index contributed by atoms with van der Waals surface area (Å²) in [6, 6.07) is 0. The lowest BCUT2D eigenvalue weighted by Gasteiger charge is -2.36. The summed E-state index contributed by atoms with van der Waals surface area (Å²) in [5, 5.41) is 0. The summed E-state index contributed by atoms with van der Waals surface area (Å²) in [4.78, 5) is 0. The van der Waals surface area contributed by atoms with Gasteiger partial charge in [-0.05, 0) is 48.3 Å². The van der Waals surface area contributed by atoms with Gasteiger partial charge in [-0.3, -0.25) is 0 Å². The Labute approximate surface area is 190 Å². The Kier molecular flexibility index (Phi) is 11.7. The number of rotatable bonds is 12. The van der Waals surface area contributed by atoms with Crippen LogP contribution in [0.1, 0.15) is 155 Å². The van der Waals surface area contributed by atoms with Crippen LogP contribution < -0.4 is 0 Å². The lowest BCUT2D eigenvalue weighted by Crippen LogP contribution is -2.23. The highest BCUT2D eigenvalue weighted by Crippen LogP contribution is 2.42. The average molecular weight is 417 g/mol. The molecule has 3 aliphatic carbocycles. The quantitative estimate of drug-likeness (QED) is 0.277. The summed E-state index contributed by atoms with van der Waals surface area (Å²) in [6.45, 7) is 4.69. The standard InChI is InChI=1S/C30H56/c1-3-5-6-7-8-10-26-13-17-28(18-14-26)24-30-21-19-29(20-22-30)23-27-15-11-25(9-4-2)12-16-27/h25-30H,3-24H2,1-2H3/t25-,26-,27-,28-,29-,30-. The fourth-order valence-electron chi connectivity index (χ4n) is 7.60. The van der Waals surface area contributed by atoms with Crippen molar-refractivity contribution in [3.63, 3.8) is 0 Å². The van der Waals surface area contributed by atoms with Crippen LogP contribution in [0.15, 0.2) is 0 Å². The molecule has 176 valence electrons. The maximum absolute atomic E-state index is 2.37. The SMILES string of the molecule is CCCCCCC[C@H]1CC[C@H](C[C@H]2CC[C@H](C[C@H]3CC[C@H](CCC)CC3)CC2)CC1. The highest BCUT2D eigenvalue weighted by atomic mass is 14.3. The van der Waals surface area contributed by atoms with E-state index in [1.165, 1.54) is 44.9 Å². The topological polar surface area (TPSA) is 0 Å². The molecule has 3 rings (SSSR count). The molecule has 0 N–H and O–H groups in total. The molecule has 3 fully saturated rings. The van der Waals surface area contributed by atoms with E-state index in [-0.39, 0.29) is 0 Å². The minimum Gasteiger partial charge on any atom is -0.0654 e. The molecule has 0 heterocycles. The Bertz CT molecular complexity index is 402. The van der Waals surface area contributed by atoms with Crippen molar-refractivity contribution in [2.24, 2.45) is 35.5 Å². The molecule has 0 spiro atoms. The van der Waals surface area contributed by atoms with Gasteiger partial charge in [0.15, 0.2) is 0 Å². The molecule has 0 saturated heterocycles. The zero-order valence-corrected chi connectivity index (χ0v) is 21.0. The van der Waals surface area contributed by atoms with Crippen molar-refractivity contribution in [3.05, 3.63) is 0 Å². The molecule has 0 radical (unpaired) electrons. The molecule has 3 aliphatic rings. The molecule has 0 heteroatoms. The Morgan fingerprint density at radius 2 is 0.733 bits per heavy atom. The van der Waals surface area contributed by atoms with Crippen molar-refractivity contribution in [2.45, 2.75) is 155 Å². The monoisotopic (exact) mass is 416 g/mol. The summed E-state index contributed by atoms with van der Waals surface area (Å²) >= 11 is 0. The Balaban J connectivity index is 1.22. The molecular weight excluding hydrogens is 360 g/mol. The Morgan fingerprint density at radius 3 is 1.13 bits per heavy atom. The van der Waals surface area contributed by atoms with Gasteiger partial charge >= 0.3 is 0 Å². The minimum atomic E-state index is 1.08. The predicted octanol–water partition coefficient (Wildman–Crippen LogP) is 10.3. The first kappa shape index (κ1) is 24.6. The van der Waals surface area contributed by atoms with E-state index in [9.17, 15) is 0 Å². The highest BCUT2D eigenvalue weighted by molar-refractivity contribution is 4.81. The molecule has 30 heavy (non-hydrogen) atoms. The van der Waals surface area contributed by atoms with Crippen molar-refractivity contribution in [1.82, 2.24) is 0 Å². The van der Waals surface area contributed by atoms with Crippen LogP contribution in [0, 0.1) is 35.5 Å². The first-order valence-electron chi connectivity index (χ1n) is 14.8. The molecule has 3 saturated carbocycles. The summed E-state index contributed by atoms with van der Waals surface area (Å²) in [7, 11) is 0. The van der Waals surface area contributed by atoms with E-state index in [1.54, 1.807) is 96.3 Å². The lowest BCUT2D eigenvalue weighted by molar-refractivity contribution is 0.161. The molecule has 0 aromatic heterocycles. The zero-order chi connectivity index (χ0) is 21.0. The fraction of sp³-hybridized carbons (Fsp3) is 1.00. The number of hydrogen-bond donors (Lipinski definition) is 0. The average Bonchev–Trinajstić information content (AvgIpc) is 2.78. The molecule has 0 unspecified atom stereocenters. The highest BCUT2D eigenvalue weighted by Gasteiger charge is 2.29. The molecular formula is C30H56. The van der Waals surface area contributed by atoms with Crippen LogP contribution in [0.3, 0.4) is 0 Å². The normalized spacial score (nSPS) is 35.4. The van der Waals surface area contributed by atoms with Gasteiger partial charge in [-0.25, -0.2) is 0 Å². The van der Waals surface area contributed by atoms with Crippen molar-refractivity contribution < 1.29 is 0 Å². The van der Waals surface area contributed by atoms with Gasteiger partial charge in [0.1, 0.15) is 0 Å². The zero-order valence-electron chi connectivity index (χ0n) is 21.0. The molecule has 0 amide bonds. The van der Waals surface area contributed by atoms with Gasteiger partial charge in [-0.15, -0.1) is 0 Å². The van der Waals surface area contributed by atoms with E-state index in [1.807, 2.05) is 0 Å². The smallest absolute Gasteiger partial charge is 0.0411 e. The second kappa shape index (κ2) is 14.2. The first-order chi connectivity index (χ1) is 14.8. The van der Waals surface area contributed by atoms with Crippen LogP contribution in [-0.2, 0) is 0 Å². The van der Waals surface area contributed by atoms with Gasteiger partial charge in [-0.2, -0.15) is 0 Å². The Morgan fingerprint density at radius 1 is 0.367 bits per heavy atom. The van der Waals surface area contributed by atoms with Crippen molar-refractivity contribution in [3.8, 4) is 0 Å². The third-order valence-electron chi connectivity index (χ3n) is 9.65. The van der Waals surface area contributed by atoms with E-state index in [2.05, 4.69) is 13.8 Å². The molecule has 0 aliphatic heterocycles. The fourth-order valence-corrected chi connectivity index (χ4v) is 7.60. The van der Waals surface area contributed by atoms with E-state index >= 15 is 0 Å². The number of hydrogen-bond acceptors (Lipinski definition) is 0. The van der Waals surface area contributed by atoms with Gasteiger partial charge in [0.2, 0.25) is 0 Å². The van der Waals surface area contributed by atoms with Gasteiger partial charge in [-0.1, -0.05) is 142 Å². The van der Waals surface area contributed by atoms with Crippen molar-refractivity contribution in [1.29, 1.82) is 0 Å². The van der Waals surface area contributed by atoms with Crippen molar-refractivity contribution >= 4 is 0 Å². The van der Waals surface area contributed by atoms with Crippen LogP contribution in [0.2, 0.25) is 0 Å². The molecule has 0 bridgehead atoms. The third kappa shape index (κ3) is 8.86. The van der Waals surface area contributed by atoms with Gasteiger partial charge in [0, 0.05) is 0 Å². The van der Waals surface area contributed by atoms with Crippen LogP contribution in [0.25, 0.3) is 0 Å². The summed E-state index contributed by atoms with van der Waals surface area (Å²) < 4.78 is 0. The maximum atomic E-state index is 2.37. The summed E-state index contributed by atoms with van der Waals surface area (Å²) in [5.74, 6) is 6.55. The lowest BCUT2D eigenvalue weighted by atomic mass is 9.70. The second-order valence-corrected chi connectivity index (χ2v) is 12.1. The van der Waals surface area contributed by atoms with Gasteiger partial charge in [0.25, 0.3) is 0 Å². The molecule has 0 atom stereocenters. The second-order valence-electron chi connectivity index (χ2n) is 12.1. The van der Waals surface area contributed by atoms with Gasteiger partial charge in [0.05, 0.1) is 0 Å². The molecule has 0 aromatic rings. The van der Waals surface area contributed by atoms with E-state index in [0.29, 0.717) is 0 Å². The Hall–Kier alpha value is 0. The minimum absolute atomic E-state index is 1.08. The van der Waals surface area contributed by atoms with Crippen LogP contribution in [0.4, 0.5) is 0 Å².